The summed E-state index contributed by atoms with van der Waals surface area (Å²) in [6.07, 6.45) is 0.590. The average molecular weight is 296 g/mol. The van der Waals surface area contributed by atoms with E-state index in [9.17, 15) is 4.79 Å². The van der Waals surface area contributed by atoms with Crippen LogP contribution in [-0.4, -0.2) is 36.4 Å². The van der Waals surface area contributed by atoms with Crippen LogP contribution >= 0.6 is 0 Å². The molecular formula is C19H24N2O. The molecule has 0 saturated heterocycles. The van der Waals surface area contributed by atoms with Gasteiger partial charge in [0, 0.05) is 11.6 Å². The van der Waals surface area contributed by atoms with Crippen LogP contribution in [-0.2, 0) is 6.42 Å². The molecule has 116 valence electrons. The molecule has 0 amide bonds. The lowest BCUT2D eigenvalue weighted by molar-refractivity contribution is 0.0620. The normalized spacial score (nSPS) is 15.3. The third kappa shape index (κ3) is 3.11. The summed E-state index contributed by atoms with van der Waals surface area (Å²) in [5.74, 6) is 0.0666. The molecule has 22 heavy (non-hydrogen) atoms. The number of nitrogens with two attached hydrogens (primary N) is 1. The zero-order chi connectivity index (χ0) is 16.2. The van der Waals surface area contributed by atoms with Crippen LogP contribution in [0, 0.1) is 0 Å². The minimum atomic E-state index is -0.761. The number of Topliss-reactive ketones (excluding diaryl/α,β-unsaturated/α-hetero) is 1. The van der Waals surface area contributed by atoms with Gasteiger partial charge in [-0.25, -0.2) is 0 Å². The minimum Gasteiger partial charge on any atom is -0.326 e. The predicted molar refractivity (Wildman–Crippen MR) is 91.0 cm³/mol. The summed E-state index contributed by atoms with van der Waals surface area (Å²) in [6.45, 7) is 1.91. The molecule has 0 aromatic heterocycles. The number of carbonyl (C=O) groups is 1. The Hall–Kier alpha value is -1.97. The van der Waals surface area contributed by atoms with E-state index in [2.05, 4.69) is 0 Å². The van der Waals surface area contributed by atoms with Gasteiger partial charge in [-0.1, -0.05) is 60.7 Å². The highest BCUT2D eigenvalue weighted by molar-refractivity contribution is 6.04. The first-order chi connectivity index (χ1) is 10.5. The summed E-state index contributed by atoms with van der Waals surface area (Å²) >= 11 is 0. The number of nitrogens with zero attached hydrogens (tertiary/aromatic N) is 1. The second-order valence-corrected chi connectivity index (χ2v) is 5.96. The van der Waals surface area contributed by atoms with Gasteiger partial charge in [0.2, 0.25) is 0 Å². The Morgan fingerprint density at radius 1 is 1.05 bits per heavy atom. The smallest absolute Gasteiger partial charge is 0.184 e. The molecule has 0 fully saturated rings. The summed E-state index contributed by atoms with van der Waals surface area (Å²) in [6, 6.07) is 19.1. The van der Waals surface area contributed by atoms with Crippen LogP contribution in [0.25, 0.3) is 0 Å². The van der Waals surface area contributed by atoms with Crippen LogP contribution in [0.3, 0.4) is 0 Å². The van der Waals surface area contributed by atoms with Gasteiger partial charge in [0.25, 0.3) is 0 Å². The van der Waals surface area contributed by atoms with E-state index in [1.54, 1.807) is 0 Å². The lowest BCUT2D eigenvalue weighted by Gasteiger charge is -2.42. The molecule has 2 aromatic rings. The van der Waals surface area contributed by atoms with Crippen LogP contribution < -0.4 is 5.73 Å². The lowest BCUT2D eigenvalue weighted by atomic mass is 9.77. The summed E-state index contributed by atoms with van der Waals surface area (Å²) in [5, 5.41) is 0. The Bertz CT molecular complexity index is 598. The summed E-state index contributed by atoms with van der Waals surface area (Å²) in [5.41, 5.74) is 7.34. The van der Waals surface area contributed by atoms with Gasteiger partial charge in [-0.2, -0.15) is 0 Å². The van der Waals surface area contributed by atoms with Crippen molar-refractivity contribution in [2.24, 2.45) is 5.73 Å². The van der Waals surface area contributed by atoms with E-state index >= 15 is 0 Å². The molecule has 2 unspecified atom stereocenters. The van der Waals surface area contributed by atoms with Crippen LogP contribution in [0.1, 0.15) is 22.8 Å². The van der Waals surface area contributed by atoms with Gasteiger partial charge in [-0.3, -0.25) is 9.69 Å². The number of likely N-dealkylation sites (N-methyl/N-ethyl adjacent to an activating group) is 1. The second-order valence-electron chi connectivity index (χ2n) is 5.96. The predicted octanol–water partition coefficient (Wildman–Crippen LogP) is 2.76. The Morgan fingerprint density at radius 3 is 2.00 bits per heavy atom. The zero-order valence-electron chi connectivity index (χ0n) is 13.5. The van der Waals surface area contributed by atoms with Crippen molar-refractivity contribution in [3.05, 3.63) is 71.8 Å². The maximum Gasteiger partial charge on any atom is 0.184 e. The van der Waals surface area contributed by atoms with Gasteiger partial charge in [-0.15, -0.1) is 0 Å². The third-order valence-electron chi connectivity index (χ3n) is 4.30. The van der Waals surface area contributed by atoms with Crippen molar-refractivity contribution in [3.8, 4) is 0 Å². The number of ketones is 1. The second kappa shape index (κ2) is 6.86. The molecule has 3 heteroatoms. The fourth-order valence-electron chi connectivity index (χ4n) is 2.96. The van der Waals surface area contributed by atoms with Crippen molar-refractivity contribution in [1.29, 1.82) is 0 Å². The molecule has 2 rings (SSSR count). The van der Waals surface area contributed by atoms with Crippen molar-refractivity contribution in [3.63, 3.8) is 0 Å². The third-order valence-corrected chi connectivity index (χ3v) is 4.30. The topological polar surface area (TPSA) is 46.3 Å². The van der Waals surface area contributed by atoms with Gasteiger partial charge in [0.15, 0.2) is 5.78 Å². The first kappa shape index (κ1) is 16.4. The van der Waals surface area contributed by atoms with E-state index in [0.29, 0.717) is 12.0 Å². The average Bonchev–Trinajstić information content (AvgIpc) is 2.53. The molecule has 0 spiro atoms. The van der Waals surface area contributed by atoms with Gasteiger partial charge in [0.05, 0.1) is 0 Å². The van der Waals surface area contributed by atoms with Crippen molar-refractivity contribution in [2.75, 3.05) is 14.1 Å². The van der Waals surface area contributed by atoms with Crippen LogP contribution in [0.2, 0.25) is 0 Å². The number of rotatable bonds is 6. The molecule has 2 N–H and O–H groups in total. The van der Waals surface area contributed by atoms with Crippen molar-refractivity contribution >= 4 is 5.78 Å². The number of benzene rings is 2. The van der Waals surface area contributed by atoms with E-state index in [4.69, 9.17) is 5.73 Å². The number of hydrogen-bond donors (Lipinski definition) is 1. The van der Waals surface area contributed by atoms with Gasteiger partial charge >= 0.3 is 0 Å². The van der Waals surface area contributed by atoms with E-state index in [1.807, 2.05) is 86.6 Å². The van der Waals surface area contributed by atoms with Crippen molar-refractivity contribution in [2.45, 2.75) is 24.9 Å². The van der Waals surface area contributed by atoms with Gasteiger partial charge in [0.1, 0.15) is 5.54 Å². The van der Waals surface area contributed by atoms with Gasteiger partial charge in [-0.05, 0) is 33.0 Å². The Balaban J connectivity index is 2.48. The molecule has 0 bridgehead atoms. The Morgan fingerprint density at radius 2 is 1.55 bits per heavy atom. The molecule has 0 aliphatic carbocycles. The van der Waals surface area contributed by atoms with E-state index in [1.165, 1.54) is 0 Å². The summed E-state index contributed by atoms with van der Waals surface area (Å²) in [7, 11) is 3.85. The van der Waals surface area contributed by atoms with Crippen LogP contribution in [0.15, 0.2) is 60.7 Å². The standard InChI is InChI=1S/C19H24N2O/c1-15(20)19(21(2)3,14-16-10-6-4-7-11-16)18(22)17-12-8-5-9-13-17/h4-13,15H,14,20H2,1-3H3. The first-order valence-electron chi connectivity index (χ1n) is 7.55. The van der Waals surface area contributed by atoms with Crippen LogP contribution in [0.4, 0.5) is 0 Å². The first-order valence-corrected chi connectivity index (χ1v) is 7.55. The van der Waals surface area contributed by atoms with Crippen molar-refractivity contribution < 1.29 is 4.79 Å². The SMILES string of the molecule is CC(N)C(Cc1ccccc1)(C(=O)c1ccccc1)N(C)C. The molecule has 0 heterocycles. The minimum absolute atomic E-state index is 0.0666. The number of hydrogen-bond acceptors (Lipinski definition) is 3. The Kier molecular flexibility index (Phi) is 5.11. The number of carbonyl (C=O) groups excluding carboxylic acids is 1. The molecule has 2 atom stereocenters. The van der Waals surface area contributed by atoms with E-state index in [0.717, 1.165) is 5.56 Å². The monoisotopic (exact) mass is 296 g/mol. The molecule has 3 nitrogen and oxygen atoms in total. The fourth-order valence-corrected chi connectivity index (χ4v) is 2.96. The molecule has 0 aliphatic heterocycles. The molecule has 0 radical (unpaired) electrons. The maximum atomic E-state index is 13.2. The molecule has 2 aromatic carbocycles. The zero-order valence-corrected chi connectivity index (χ0v) is 13.5. The quantitative estimate of drug-likeness (QED) is 0.834. The highest BCUT2D eigenvalue weighted by Crippen LogP contribution is 2.27. The van der Waals surface area contributed by atoms with Gasteiger partial charge < -0.3 is 5.73 Å². The van der Waals surface area contributed by atoms with Crippen molar-refractivity contribution in [1.82, 2.24) is 4.90 Å². The summed E-state index contributed by atoms with van der Waals surface area (Å²) < 4.78 is 0. The highest BCUT2D eigenvalue weighted by atomic mass is 16.1. The van der Waals surface area contributed by atoms with E-state index < -0.39 is 5.54 Å². The highest BCUT2D eigenvalue weighted by Gasteiger charge is 2.44. The van der Waals surface area contributed by atoms with E-state index in [-0.39, 0.29) is 11.8 Å². The molecular weight excluding hydrogens is 272 g/mol. The van der Waals surface area contributed by atoms with Crippen LogP contribution in [0.5, 0.6) is 0 Å². The molecule has 0 saturated carbocycles. The largest absolute Gasteiger partial charge is 0.326 e. The summed E-state index contributed by atoms with van der Waals surface area (Å²) in [4.78, 5) is 15.2. The maximum absolute atomic E-state index is 13.2. The fraction of sp³-hybridized carbons (Fsp3) is 0.316. The lowest BCUT2D eigenvalue weighted by Crippen LogP contribution is -2.63. The molecule has 0 aliphatic rings. The Labute approximate surface area is 132 Å².